The smallest absolute Gasteiger partial charge is 0.410 e. The van der Waals surface area contributed by atoms with E-state index in [2.05, 4.69) is 19.6 Å². The largest absolute Gasteiger partial charge is 0.496 e. The molecule has 0 radical (unpaired) electrons. The summed E-state index contributed by atoms with van der Waals surface area (Å²) in [4.78, 5) is 35.2. The highest BCUT2D eigenvalue weighted by molar-refractivity contribution is 6.03. The van der Waals surface area contributed by atoms with Crippen molar-refractivity contribution in [1.29, 1.82) is 0 Å². The summed E-state index contributed by atoms with van der Waals surface area (Å²) in [6.07, 6.45) is 22.0. The number of allylic oxidation sites excluding steroid dienone is 1. The minimum Gasteiger partial charge on any atom is -0.496 e. The van der Waals surface area contributed by atoms with Crippen molar-refractivity contribution in [2.24, 2.45) is 22.9 Å². The maximum atomic E-state index is 15.1. The molecule has 2 N–H and O–H groups in total. The molecule has 2 heterocycles. The maximum absolute atomic E-state index is 15.1. The fraction of sp³-hybridized carbons (Fsp3) is 0.583. The topological polar surface area (TPSA) is 155 Å². The standard InChI is InChI=1S/C60H81FN2O11/c1-4-6-7-8-9-10-11-12-13-19-36-70-59(67)63(41-43-24-26-46(61)27-25-43)55-40-52(62-74-56-23-16-20-35-69-56)50-38-44(21-14-17-32-64)49(22-15-18-33-65)57-51-39-48(72-47-28-30-53(68-3)45(37-47)42-66)29-31-54(51)73-60(55,58(50)57)71-34-5-2/h5,24-31,37-39,42,44,49,55-58,64-65H,2,4,6-23,32-36,40-41H2,1,3H3. The first-order valence-electron chi connectivity index (χ1n) is 27.6. The van der Waals surface area contributed by atoms with Gasteiger partial charge in [0.05, 0.1) is 44.1 Å². The summed E-state index contributed by atoms with van der Waals surface area (Å²) in [5, 5.41) is 25.1. The third-order valence-corrected chi connectivity index (χ3v) is 15.2. The molecule has 0 spiro atoms. The van der Waals surface area contributed by atoms with E-state index < -0.39 is 35.9 Å². The van der Waals surface area contributed by atoms with Crippen LogP contribution in [0.4, 0.5) is 9.18 Å². The van der Waals surface area contributed by atoms with Gasteiger partial charge in [-0.05, 0) is 116 Å². The molecule has 404 valence electrons. The van der Waals surface area contributed by atoms with Crippen molar-refractivity contribution in [2.75, 3.05) is 40.1 Å². The van der Waals surface area contributed by atoms with Crippen LogP contribution < -0.4 is 14.2 Å². The molecule has 1 amide bonds. The molecule has 2 aliphatic carbocycles. The molecule has 2 fully saturated rings. The number of hydrogen-bond donors (Lipinski definition) is 2. The number of halogens is 1. The van der Waals surface area contributed by atoms with Gasteiger partial charge in [-0.25, -0.2) is 9.18 Å². The Morgan fingerprint density at radius 1 is 0.892 bits per heavy atom. The summed E-state index contributed by atoms with van der Waals surface area (Å²) in [5.74, 6) is -0.989. The number of carbonyl (C=O) groups excluding carboxylic acids is 2. The lowest BCUT2D eigenvalue weighted by Gasteiger charge is -2.60. The zero-order valence-electron chi connectivity index (χ0n) is 43.9. The minimum absolute atomic E-state index is 0.00474. The minimum atomic E-state index is -1.56. The summed E-state index contributed by atoms with van der Waals surface area (Å²) >= 11 is 0. The predicted molar refractivity (Wildman–Crippen MR) is 283 cm³/mol. The number of oxime groups is 1. The lowest BCUT2D eigenvalue weighted by atomic mass is 9.55. The molecule has 3 aromatic rings. The number of methoxy groups -OCH3 is 1. The maximum Gasteiger partial charge on any atom is 0.410 e. The van der Waals surface area contributed by atoms with E-state index >= 15 is 4.79 Å². The van der Waals surface area contributed by atoms with Crippen LogP contribution in [-0.2, 0) is 25.6 Å². The van der Waals surface area contributed by atoms with Gasteiger partial charge >= 0.3 is 6.09 Å². The Labute approximate surface area is 438 Å². The molecule has 14 heteroatoms. The van der Waals surface area contributed by atoms with E-state index in [1.807, 2.05) is 18.2 Å². The zero-order valence-corrected chi connectivity index (χ0v) is 43.9. The van der Waals surface area contributed by atoms with Gasteiger partial charge in [0.25, 0.3) is 0 Å². The first-order valence-corrected chi connectivity index (χ1v) is 27.6. The Morgan fingerprint density at radius 3 is 2.30 bits per heavy atom. The van der Waals surface area contributed by atoms with Gasteiger partial charge in [0, 0.05) is 44.1 Å². The second-order valence-corrected chi connectivity index (χ2v) is 20.3. The third-order valence-electron chi connectivity index (χ3n) is 15.2. The number of aliphatic hydroxyl groups is 2. The Balaban J connectivity index is 1.35. The number of benzene rings is 3. The van der Waals surface area contributed by atoms with E-state index in [4.69, 9.17) is 38.4 Å². The summed E-state index contributed by atoms with van der Waals surface area (Å²) in [5.41, 5.74) is 3.41. The average Bonchev–Trinajstić information content (AvgIpc) is 3.42. The SMILES string of the molecule is C=CCOC12Oc3ccc(Oc4ccc(OC)c(C=O)c4)cc3C3C(CCCCO)C(CCCCO)C=C(C(=NOC4CCCCO4)CC1N(Cc1ccc(F)cc1)C(=O)OCCCCCCCCCCCC)C32. The van der Waals surface area contributed by atoms with E-state index in [1.165, 1.54) is 57.8 Å². The van der Waals surface area contributed by atoms with Crippen molar-refractivity contribution in [1.82, 2.24) is 4.90 Å². The Hall–Kier alpha value is -5.28. The number of ether oxygens (including phenoxy) is 6. The predicted octanol–water partition coefficient (Wildman–Crippen LogP) is 13.2. The number of amides is 1. The van der Waals surface area contributed by atoms with E-state index in [1.54, 1.807) is 41.3 Å². The van der Waals surface area contributed by atoms with Gasteiger partial charge in [0.1, 0.15) is 34.9 Å². The fourth-order valence-corrected chi connectivity index (χ4v) is 11.6. The molecule has 2 aliphatic heterocycles. The second kappa shape index (κ2) is 29.1. The van der Waals surface area contributed by atoms with Crippen LogP contribution >= 0.6 is 0 Å². The van der Waals surface area contributed by atoms with Gasteiger partial charge in [-0.3, -0.25) is 9.69 Å². The summed E-state index contributed by atoms with van der Waals surface area (Å²) < 4.78 is 53.4. The fourth-order valence-electron chi connectivity index (χ4n) is 11.6. The lowest BCUT2D eigenvalue weighted by molar-refractivity contribution is -0.256. The number of carbonyl (C=O) groups is 2. The number of fused-ring (bicyclic) bond motifs is 2. The van der Waals surface area contributed by atoms with Crippen LogP contribution in [0.15, 0.2) is 90.1 Å². The molecule has 0 aromatic heterocycles. The lowest BCUT2D eigenvalue weighted by Crippen LogP contribution is -2.70. The van der Waals surface area contributed by atoms with E-state index in [0.717, 1.165) is 75.2 Å². The molecule has 4 aliphatic rings. The molecular weight excluding hydrogens is 944 g/mol. The molecule has 7 atom stereocenters. The van der Waals surface area contributed by atoms with Gasteiger partial charge in [0.15, 0.2) is 6.29 Å². The number of unbranched alkanes of at least 4 members (excludes halogenated alkanes) is 11. The van der Waals surface area contributed by atoms with Gasteiger partial charge in [-0.15, -0.1) is 6.58 Å². The van der Waals surface area contributed by atoms with Crippen LogP contribution in [0.3, 0.4) is 0 Å². The molecule has 3 aromatic carbocycles. The van der Waals surface area contributed by atoms with Crippen LogP contribution in [0.5, 0.6) is 23.0 Å². The molecule has 13 nitrogen and oxygen atoms in total. The summed E-state index contributed by atoms with van der Waals surface area (Å²) in [7, 11) is 1.51. The molecule has 0 bridgehead atoms. The quantitative estimate of drug-likeness (QED) is 0.0274. The highest BCUT2D eigenvalue weighted by Crippen LogP contribution is 2.62. The number of aldehydes is 1. The van der Waals surface area contributed by atoms with E-state index in [-0.39, 0.29) is 57.1 Å². The second-order valence-electron chi connectivity index (χ2n) is 20.3. The first kappa shape index (κ1) is 56.4. The van der Waals surface area contributed by atoms with Crippen LogP contribution in [0.25, 0.3) is 0 Å². The highest BCUT2D eigenvalue weighted by atomic mass is 19.1. The first-order chi connectivity index (χ1) is 36.3. The number of nitrogens with zero attached hydrogens (tertiary/aromatic N) is 2. The number of rotatable bonds is 31. The monoisotopic (exact) mass is 1020 g/mol. The van der Waals surface area contributed by atoms with E-state index in [9.17, 15) is 19.4 Å². The van der Waals surface area contributed by atoms with Crippen LogP contribution in [-0.4, -0.2) is 91.5 Å². The summed E-state index contributed by atoms with van der Waals surface area (Å²) in [6, 6.07) is 16.1. The normalized spacial score (nSPS) is 23.4. The number of hydrogen-bond acceptors (Lipinski definition) is 12. The molecule has 7 rings (SSSR count). The van der Waals surface area contributed by atoms with Gasteiger partial charge in [-0.2, -0.15) is 0 Å². The Morgan fingerprint density at radius 2 is 1.61 bits per heavy atom. The van der Waals surface area contributed by atoms with Crippen molar-refractivity contribution < 1.29 is 57.5 Å². The third kappa shape index (κ3) is 14.6. The van der Waals surface area contributed by atoms with Gasteiger partial charge in [-0.1, -0.05) is 107 Å². The van der Waals surface area contributed by atoms with Gasteiger partial charge in [0.2, 0.25) is 12.1 Å². The molecule has 1 saturated heterocycles. The van der Waals surface area contributed by atoms with Crippen LogP contribution in [0.2, 0.25) is 0 Å². The molecule has 7 unspecified atom stereocenters. The van der Waals surface area contributed by atoms with Crippen LogP contribution in [0, 0.1) is 23.6 Å². The Bertz CT molecular complexity index is 2300. The van der Waals surface area contributed by atoms with Crippen molar-refractivity contribution >= 4 is 18.1 Å². The van der Waals surface area contributed by atoms with Crippen LogP contribution in [0.1, 0.15) is 163 Å². The summed E-state index contributed by atoms with van der Waals surface area (Å²) in [6.45, 7) is 7.33. The highest BCUT2D eigenvalue weighted by Gasteiger charge is 2.66. The van der Waals surface area contributed by atoms with Crippen molar-refractivity contribution in [2.45, 2.75) is 166 Å². The van der Waals surface area contributed by atoms with Crippen molar-refractivity contribution in [3.8, 4) is 23.0 Å². The number of aliphatic hydroxyl groups excluding tert-OH is 2. The molecule has 74 heavy (non-hydrogen) atoms. The van der Waals surface area contributed by atoms with E-state index in [0.29, 0.717) is 72.1 Å². The van der Waals surface area contributed by atoms with Gasteiger partial charge < -0.3 is 43.5 Å². The average molecular weight is 1030 g/mol. The van der Waals surface area contributed by atoms with Crippen molar-refractivity contribution in [3.63, 3.8) is 0 Å². The molecular formula is C60H81FN2O11. The van der Waals surface area contributed by atoms with Crippen molar-refractivity contribution in [3.05, 3.63) is 107 Å². The Kier molecular flexibility index (Phi) is 22.2. The zero-order chi connectivity index (χ0) is 52.1. The molecule has 1 saturated carbocycles.